The molecule has 19 heavy (non-hydrogen) atoms. The monoisotopic (exact) mass is 266 g/mol. The van der Waals surface area contributed by atoms with Crippen LogP contribution in [0.25, 0.3) is 11.1 Å². The number of hydrogen-bond donors (Lipinski definition) is 0. The van der Waals surface area contributed by atoms with Crippen molar-refractivity contribution in [3.05, 3.63) is 54.1 Å². The molecule has 0 bridgehead atoms. The summed E-state index contributed by atoms with van der Waals surface area (Å²) in [5.41, 5.74) is 2.28. The van der Waals surface area contributed by atoms with E-state index in [0.29, 0.717) is 11.1 Å². The van der Waals surface area contributed by atoms with E-state index in [1.165, 1.54) is 12.1 Å². The normalized spacial score (nSPS) is 11.4. The van der Waals surface area contributed by atoms with Gasteiger partial charge in [-0.05, 0) is 23.6 Å². The summed E-state index contributed by atoms with van der Waals surface area (Å²) < 4.78 is 41.0. The van der Waals surface area contributed by atoms with Crippen LogP contribution in [0.4, 0.5) is 13.2 Å². The quantitative estimate of drug-likeness (QED) is 0.774. The molecule has 1 nitrogen and oxygen atoms in total. The predicted molar refractivity (Wildman–Crippen MR) is 67.9 cm³/mol. The fraction of sp³-hybridized carbons (Fsp3) is 0.200. The van der Waals surface area contributed by atoms with Gasteiger partial charge in [-0.2, -0.15) is 0 Å². The molecule has 0 aromatic heterocycles. The Kier molecular flexibility index (Phi) is 3.79. The SMILES string of the molecule is CCc1ccc(-c2ccccc2OC(F)(F)F)cc1. The minimum Gasteiger partial charge on any atom is -0.405 e. The van der Waals surface area contributed by atoms with Crippen molar-refractivity contribution in [2.45, 2.75) is 19.7 Å². The fourth-order valence-corrected chi connectivity index (χ4v) is 1.84. The molecule has 0 aliphatic carbocycles. The van der Waals surface area contributed by atoms with Crippen LogP contribution < -0.4 is 4.74 Å². The smallest absolute Gasteiger partial charge is 0.405 e. The molecule has 0 spiro atoms. The summed E-state index contributed by atoms with van der Waals surface area (Å²) in [5, 5.41) is 0. The molecule has 0 atom stereocenters. The molecule has 4 heteroatoms. The number of aryl methyl sites for hydroxylation is 1. The molecule has 2 rings (SSSR count). The molecule has 0 aliphatic heterocycles. The third kappa shape index (κ3) is 3.50. The van der Waals surface area contributed by atoms with E-state index < -0.39 is 6.36 Å². The van der Waals surface area contributed by atoms with Gasteiger partial charge in [0.1, 0.15) is 5.75 Å². The van der Waals surface area contributed by atoms with E-state index in [1.807, 2.05) is 19.1 Å². The lowest BCUT2D eigenvalue weighted by molar-refractivity contribution is -0.274. The zero-order chi connectivity index (χ0) is 13.9. The Morgan fingerprint density at radius 3 is 2.16 bits per heavy atom. The highest BCUT2D eigenvalue weighted by Gasteiger charge is 2.32. The van der Waals surface area contributed by atoms with Gasteiger partial charge in [0.25, 0.3) is 0 Å². The summed E-state index contributed by atoms with van der Waals surface area (Å²) in [6, 6.07) is 13.5. The van der Waals surface area contributed by atoms with Crippen LogP contribution in [0, 0.1) is 0 Å². The van der Waals surface area contributed by atoms with Gasteiger partial charge in [-0.15, -0.1) is 13.2 Å². The minimum atomic E-state index is -4.68. The molecule has 2 aromatic rings. The fourth-order valence-electron chi connectivity index (χ4n) is 1.84. The number of para-hydroxylation sites is 1. The largest absolute Gasteiger partial charge is 0.573 e. The van der Waals surface area contributed by atoms with Crippen molar-refractivity contribution in [1.29, 1.82) is 0 Å². The highest BCUT2D eigenvalue weighted by Crippen LogP contribution is 2.33. The van der Waals surface area contributed by atoms with Crippen molar-refractivity contribution in [3.8, 4) is 16.9 Å². The number of alkyl halides is 3. The van der Waals surface area contributed by atoms with Gasteiger partial charge in [-0.3, -0.25) is 0 Å². The lowest BCUT2D eigenvalue weighted by Gasteiger charge is -2.13. The average molecular weight is 266 g/mol. The minimum absolute atomic E-state index is 0.181. The zero-order valence-corrected chi connectivity index (χ0v) is 10.4. The Morgan fingerprint density at radius 1 is 0.947 bits per heavy atom. The molecule has 2 aromatic carbocycles. The first-order chi connectivity index (χ1) is 8.99. The molecule has 0 radical (unpaired) electrons. The summed E-state index contributed by atoms with van der Waals surface area (Å²) >= 11 is 0. The van der Waals surface area contributed by atoms with Crippen molar-refractivity contribution in [2.75, 3.05) is 0 Å². The second-order valence-electron chi connectivity index (χ2n) is 4.09. The number of rotatable bonds is 3. The van der Waals surface area contributed by atoms with E-state index in [9.17, 15) is 13.2 Å². The van der Waals surface area contributed by atoms with E-state index in [4.69, 9.17) is 0 Å². The Hall–Kier alpha value is -1.97. The maximum Gasteiger partial charge on any atom is 0.573 e. The number of benzene rings is 2. The van der Waals surface area contributed by atoms with Crippen LogP contribution in [-0.4, -0.2) is 6.36 Å². The standard InChI is InChI=1S/C15H13F3O/c1-2-11-7-9-12(10-8-11)13-5-3-4-6-14(13)19-15(16,17)18/h3-10H,2H2,1H3. The van der Waals surface area contributed by atoms with Gasteiger partial charge >= 0.3 is 6.36 Å². The van der Waals surface area contributed by atoms with E-state index in [-0.39, 0.29) is 5.75 Å². The topological polar surface area (TPSA) is 9.23 Å². The van der Waals surface area contributed by atoms with E-state index in [1.54, 1.807) is 24.3 Å². The Morgan fingerprint density at radius 2 is 1.58 bits per heavy atom. The van der Waals surface area contributed by atoms with Crippen molar-refractivity contribution in [1.82, 2.24) is 0 Å². The maximum absolute atomic E-state index is 12.3. The average Bonchev–Trinajstić information content (AvgIpc) is 2.38. The summed E-state index contributed by atoms with van der Waals surface area (Å²) in [6.45, 7) is 2.02. The first kappa shape index (κ1) is 13.5. The molecular weight excluding hydrogens is 253 g/mol. The van der Waals surface area contributed by atoms with Crippen LogP contribution in [-0.2, 0) is 6.42 Å². The highest BCUT2D eigenvalue weighted by atomic mass is 19.4. The Bertz CT molecular complexity index is 544. The summed E-state index contributed by atoms with van der Waals surface area (Å²) in [7, 11) is 0. The predicted octanol–water partition coefficient (Wildman–Crippen LogP) is 4.81. The molecule has 0 saturated carbocycles. The third-order valence-electron chi connectivity index (χ3n) is 2.79. The van der Waals surface area contributed by atoms with Crippen LogP contribution in [0.2, 0.25) is 0 Å². The second-order valence-corrected chi connectivity index (χ2v) is 4.09. The highest BCUT2D eigenvalue weighted by molar-refractivity contribution is 5.70. The molecule has 0 fully saturated rings. The third-order valence-corrected chi connectivity index (χ3v) is 2.79. The van der Waals surface area contributed by atoms with Crippen molar-refractivity contribution in [2.24, 2.45) is 0 Å². The van der Waals surface area contributed by atoms with Gasteiger partial charge < -0.3 is 4.74 Å². The van der Waals surface area contributed by atoms with Gasteiger partial charge in [-0.1, -0.05) is 49.4 Å². The maximum atomic E-state index is 12.3. The van der Waals surface area contributed by atoms with E-state index in [2.05, 4.69) is 4.74 Å². The van der Waals surface area contributed by atoms with Crippen LogP contribution in [0.3, 0.4) is 0 Å². The number of hydrogen-bond acceptors (Lipinski definition) is 1. The lowest BCUT2D eigenvalue weighted by atomic mass is 10.0. The first-order valence-electron chi connectivity index (χ1n) is 5.93. The van der Waals surface area contributed by atoms with Crippen LogP contribution in [0.15, 0.2) is 48.5 Å². The van der Waals surface area contributed by atoms with Crippen LogP contribution in [0.1, 0.15) is 12.5 Å². The Labute approximate surface area is 109 Å². The molecular formula is C15H13F3O. The molecule has 0 amide bonds. The Balaban J connectivity index is 2.38. The molecule has 0 heterocycles. The second kappa shape index (κ2) is 5.34. The van der Waals surface area contributed by atoms with Crippen molar-refractivity contribution in [3.63, 3.8) is 0 Å². The van der Waals surface area contributed by atoms with Crippen LogP contribution >= 0.6 is 0 Å². The van der Waals surface area contributed by atoms with Crippen molar-refractivity contribution >= 4 is 0 Å². The lowest BCUT2D eigenvalue weighted by Crippen LogP contribution is -2.17. The van der Waals surface area contributed by atoms with Gasteiger partial charge in [0, 0.05) is 5.56 Å². The van der Waals surface area contributed by atoms with E-state index in [0.717, 1.165) is 12.0 Å². The number of halogens is 3. The molecule has 0 saturated heterocycles. The molecule has 100 valence electrons. The summed E-state index contributed by atoms with van der Waals surface area (Å²) in [6.07, 6.45) is -3.79. The van der Waals surface area contributed by atoms with Gasteiger partial charge in [0.05, 0.1) is 0 Å². The van der Waals surface area contributed by atoms with E-state index >= 15 is 0 Å². The number of ether oxygens (including phenoxy) is 1. The molecule has 0 aliphatic rings. The zero-order valence-electron chi connectivity index (χ0n) is 10.4. The van der Waals surface area contributed by atoms with Crippen molar-refractivity contribution < 1.29 is 17.9 Å². The molecule has 0 N–H and O–H groups in total. The first-order valence-corrected chi connectivity index (χ1v) is 5.93. The van der Waals surface area contributed by atoms with Gasteiger partial charge in [0.2, 0.25) is 0 Å². The van der Waals surface area contributed by atoms with Gasteiger partial charge in [0.15, 0.2) is 0 Å². The van der Waals surface area contributed by atoms with Gasteiger partial charge in [-0.25, -0.2) is 0 Å². The summed E-state index contributed by atoms with van der Waals surface area (Å²) in [5.74, 6) is -0.181. The molecule has 0 unspecified atom stereocenters. The van der Waals surface area contributed by atoms with Crippen LogP contribution in [0.5, 0.6) is 5.75 Å². The summed E-state index contributed by atoms with van der Waals surface area (Å²) in [4.78, 5) is 0.